The second-order valence-corrected chi connectivity index (χ2v) is 6.76. The van der Waals surface area contributed by atoms with Crippen molar-refractivity contribution in [3.05, 3.63) is 16.1 Å². The number of hydrogen-bond donors (Lipinski definition) is 2. The first-order valence-electron chi connectivity index (χ1n) is 7.19. The van der Waals surface area contributed by atoms with Crippen LogP contribution in [0.2, 0.25) is 0 Å². The van der Waals surface area contributed by atoms with Crippen molar-refractivity contribution in [2.24, 2.45) is 4.99 Å². The summed E-state index contributed by atoms with van der Waals surface area (Å²) in [7, 11) is 1.52. The normalized spacial score (nSPS) is 12.9. The summed E-state index contributed by atoms with van der Waals surface area (Å²) in [5, 5.41) is 7.04. The molecule has 10 heteroatoms. The molecule has 0 aliphatic heterocycles. The number of hydrogen-bond acceptors (Lipinski definition) is 5. The molecule has 136 valence electrons. The fourth-order valence-corrected chi connectivity index (χ4v) is 2.40. The number of aromatic nitrogens is 1. The number of halogens is 3. The Morgan fingerprint density at radius 1 is 1.33 bits per heavy atom. The fraction of sp³-hybridized carbons (Fsp3) is 0.643. The number of alkyl halides is 3. The molecule has 0 spiro atoms. The van der Waals surface area contributed by atoms with Crippen LogP contribution in [0.25, 0.3) is 0 Å². The van der Waals surface area contributed by atoms with Gasteiger partial charge in [-0.3, -0.25) is 9.79 Å². The predicted molar refractivity (Wildman–Crippen MR) is 86.0 cm³/mol. The molecule has 0 amide bonds. The molecule has 0 saturated carbocycles. The molecule has 2 N–H and O–H groups in total. The zero-order chi connectivity index (χ0) is 18.4. The quantitative estimate of drug-likeness (QED) is 0.475. The van der Waals surface area contributed by atoms with Gasteiger partial charge in [-0.15, -0.1) is 11.3 Å². The van der Waals surface area contributed by atoms with Crippen LogP contribution in [0.15, 0.2) is 10.4 Å². The highest BCUT2D eigenvalue weighted by Crippen LogP contribution is 2.29. The average Bonchev–Trinajstić information content (AvgIpc) is 2.89. The van der Waals surface area contributed by atoms with Crippen molar-refractivity contribution in [3.63, 3.8) is 0 Å². The van der Waals surface area contributed by atoms with E-state index in [4.69, 9.17) is 4.74 Å². The smallest absolute Gasteiger partial charge is 0.434 e. The topological polar surface area (TPSA) is 75.6 Å². The number of guanidine groups is 1. The molecule has 0 aliphatic carbocycles. The van der Waals surface area contributed by atoms with Gasteiger partial charge in [0.25, 0.3) is 0 Å². The third-order valence-electron chi connectivity index (χ3n) is 2.52. The Kier molecular flexibility index (Phi) is 7.00. The molecule has 0 unspecified atom stereocenters. The number of nitrogens with one attached hydrogen (secondary N) is 2. The summed E-state index contributed by atoms with van der Waals surface area (Å²) in [4.78, 5) is 19.0. The maximum absolute atomic E-state index is 12.5. The van der Waals surface area contributed by atoms with E-state index in [9.17, 15) is 18.0 Å². The van der Waals surface area contributed by atoms with Gasteiger partial charge >= 0.3 is 12.1 Å². The molecule has 0 aliphatic rings. The Bertz CT molecular complexity index is 579. The van der Waals surface area contributed by atoms with Gasteiger partial charge in [0.05, 0.1) is 5.01 Å². The van der Waals surface area contributed by atoms with E-state index < -0.39 is 23.4 Å². The number of rotatable bonds is 5. The van der Waals surface area contributed by atoms with Gasteiger partial charge in [-0.1, -0.05) is 0 Å². The standard InChI is InChI=1S/C14H21F3N4O2S/c1-13(2,3)23-11(22)7-20-12(18-4)19-6-5-10-21-9(8-24-10)14(15,16)17/h8H,5-7H2,1-4H3,(H2,18,19,20). The summed E-state index contributed by atoms with van der Waals surface area (Å²) in [6.07, 6.45) is -4.11. The Morgan fingerprint density at radius 2 is 2.00 bits per heavy atom. The van der Waals surface area contributed by atoms with Gasteiger partial charge < -0.3 is 15.4 Å². The van der Waals surface area contributed by atoms with Crippen LogP contribution in [0, 0.1) is 0 Å². The van der Waals surface area contributed by atoms with E-state index in [1.54, 1.807) is 20.8 Å². The van der Waals surface area contributed by atoms with E-state index in [-0.39, 0.29) is 6.54 Å². The van der Waals surface area contributed by atoms with Crippen molar-refractivity contribution < 1.29 is 22.7 Å². The zero-order valence-corrected chi connectivity index (χ0v) is 14.8. The lowest BCUT2D eigenvalue weighted by atomic mass is 10.2. The molecule has 0 saturated heterocycles. The van der Waals surface area contributed by atoms with Gasteiger partial charge in [-0.25, -0.2) is 4.98 Å². The third-order valence-corrected chi connectivity index (χ3v) is 3.43. The molecule has 24 heavy (non-hydrogen) atoms. The minimum Gasteiger partial charge on any atom is -0.459 e. The Hall–Kier alpha value is -1.84. The van der Waals surface area contributed by atoms with Gasteiger partial charge in [0.1, 0.15) is 12.1 Å². The Morgan fingerprint density at radius 3 is 2.50 bits per heavy atom. The van der Waals surface area contributed by atoms with Gasteiger partial charge in [-0.2, -0.15) is 13.2 Å². The monoisotopic (exact) mass is 366 g/mol. The summed E-state index contributed by atoms with van der Waals surface area (Å²) in [5.74, 6) is -0.0753. The maximum Gasteiger partial charge on any atom is 0.434 e. The first kappa shape index (κ1) is 20.2. The average molecular weight is 366 g/mol. The van der Waals surface area contributed by atoms with Crippen LogP contribution in [0.4, 0.5) is 13.2 Å². The van der Waals surface area contributed by atoms with Crippen molar-refractivity contribution in [2.75, 3.05) is 20.1 Å². The number of carbonyl (C=O) groups excluding carboxylic acids is 1. The van der Waals surface area contributed by atoms with Gasteiger partial charge in [0.2, 0.25) is 0 Å². The van der Waals surface area contributed by atoms with E-state index in [2.05, 4.69) is 20.6 Å². The SMILES string of the molecule is CN=C(NCCc1nc(C(F)(F)F)cs1)NCC(=O)OC(C)(C)C. The van der Waals surface area contributed by atoms with E-state index >= 15 is 0 Å². The highest BCUT2D eigenvalue weighted by Gasteiger charge is 2.33. The van der Waals surface area contributed by atoms with Gasteiger partial charge in [-0.05, 0) is 20.8 Å². The summed E-state index contributed by atoms with van der Waals surface area (Å²) in [6, 6.07) is 0. The molecule has 0 bridgehead atoms. The van der Waals surface area contributed by atoms with Crippen molar-refractivity contribution in [1.82, 2.24) is 15.6 Å². The molecule has 6 nitrogen and oxygen atoms in total. The van der Waals surface area contributed by atoms with E-state index in [0.29, 0.717) is 23.9 Å². The number of ether oxygens (including phenoxy) is 1. The largest absolute Gasteiger partial charge is 0.459 e. The molecular weight excluding hydrogens is 345 g/mol. The summed E-state index contributed by atoms with van der Waals surface area (Å²) >= 11 is 0.955. The van der Waals surface area contributed by atoms with Crippen LogP contribution in [-0.2, 0) is 22.1 Å². The van der Waals surface area contributed by atoms with Gasteiger partial charge in [0, 0.05) is 25.4 Å². The van der Waals surface area contributed by atoms with E-state index in [0.717, 1.165) is 16.7 Å². The van der Waals surface area contributed by atoms with E-state index in [1.807, 2.05) is 0 Å². The first-order chi connectivity index (χ1) is 11.0. The molecule has 1 heterocycles. The van der Waals surface area contributed by atoms with Crippen LogP contribution in [-0.4, -0.2) is 42.7 Å². The second-order valence-electron chi connectivity index (χ2n) is 5.81. The molecule has 1 aromatic heterocycles. The molecule has 0 fully saturated rings. The van der Waals surface area contributed by atoms with E-state index in [1.165, 1.54) is 7.05 Å². The number of aliphatic imine (C=N–C) groups is 1. The maximum atomic E-state index is 12.5. The molecule has 0 atom stereocenters. The first-order valence-corrected chi connectivity index (χ1v) is 8.07. The lowest BCUT2D eigenvalue weighted by molar-refractivity contribution is -0.153. The lowest BCUT2D eigenvalue weighted by Crippen LogP contribution is -2.42. The van der Waals surface area contributed by atoms with Gasteiger partial charge in [0.15, 0.2) is 11.7 Å². The van der Waals surface area contributed by atoms with Crippen molar-refractivity contribution >= 4 is 23.3 Å². The van der Waals surface area contributed by atoms with Crippen molar-refractivity contribution in [3.8, 4) is 0 Å². The fourth-order valence-electron chi connectivity index (χ4n) is 1.60. The number of nitrogens with zero attached hydrogens (tertiary/aromatic N) is 2. The lowest BCUT2D eigenvalue weighted by Gasteiger charge is -2.20. The number of thiazole rings is 1. The number of esters is 1. The number of carbonyl (C=O) groups is 1. The summed E-state index contributed by atoms with van der Waals surface area (Å²) < 4.78 is 42.5. The Labute approximate surface area is 142 Å². The predicted octanol–water partition coefficient (Wildman–Crippen LogP) is 2.21. The van der Waals surface area contributed by atoms with Crippen LogP contribution in [0.3, 0.4) is 0 Å². The second kappa shape index (κ2) is 8.32. The highest BCUT2D eigenvalue weighted by molar-refractivity contribution is 7.09. The Balaban J connectivity index is 2.37. The third kappa shape index (κ3) is 7.62. The molecule has 1 rings (SSSR count). The zero-order valence-electron chi connectivity index (χ0n) is 14.0. The van der Waals surface area contributed by atoms with Crippen molar-refractivity contribution in [2.45, 2.75) is 39.0 Å². The molecule has 1 aromatic rings. The molecule has 0 aromatic carbocycles. The minimum absolute atomic E-state index is 0.0631. The van der Waals surface area contributed by atoms with Crippen molar-refractivity contribution in [1.29, 1.82) is 0 Å². The highest BCUT2D eigenvalue weighted by atomic mass is 32.1. The van der Waals surface area contributed by atoms with Crippen LogP contribution in [0.1, 0.15) is 31.5 Å². The van der Waals surface area contributed by atoms with Crippen LogP contribution < -0.4 is 10.6 Å². The summed E-state index contributed by atoms with van der Waals surface area (Å²) in [5.41, 5.74) is -1.45. The minimum atomic E-state index is -4.42. The molecule has 0 radical (unpaired) electrons. The van der Waals surface area contributed by atoms with Crippen LogP contribution in [0.5, 0.6) is 0 Å². The molecular formula is C14H21F3N4O2S. The van der Waals surface area contributed by atoms with Crippen LogP contribution >= 0.6 is 11.3 Å². The summed E-state index contributed by atoms with van der Waals surface area (Å²) in [6.45, 7) is 5.56.